The van der Waals surface area contributed by atoms with Gasteiger partial charge in [-0.25, -0.2) is 0 Å². The van der Waals surface area contributed by atoms with E-state index in [0.717, 1.165) is 20.7 Å². The smallest absolute Gasteiger partial charge is 0.120 e. The number of halogens is 1. The molecule has 0 fully saturated rings. The van der Waals surface area contributed by atoms with Gasteiger partial charge in [-0.2, -0.15) is 0 Å². The summed E-state index contributed by atoms with van der Waals surface area (Å²) in [6.45, 7) is 2.03. The lowest BCUT2D eigenvalue weighted by molar-refractivity contribution is 0.223. The molecule has 0 amide bonds. The molecule has 1 aromatic carbocycles. The van der Waals surface area contributed by atoms with Crippen LogP contribution in [-0.2, 0) is 0 Å². The molecule has 2 aromatic rings. The summed E-state index contributed by atoms with van der Waals surface area (Å²) >= 11 is 5.06. The average molecular weight is 313 g/mol. The van der Waals surface area contributed by atoms with Gasteiger partial charge in [-0.1, -0.05) is 22.0 Å². The molecule has 0 aliphatic heterocycles. The van der Waals surface area contributed by atoms with Crippen LogP contribution in [0.25, 0.3) is 0 Å². The number of aryl methyl sites for hydroxylation is 1. The summed E-state index contributed by atoms with van der Waals surface area (Å²) in [7, 11) is 1.63. The molecule has 0 saturated heterocycles. The lowest BCUT2D eigenvalue weighted by Gasteiger charge is -2.12. The summed E-state index contributed by atoms with van der Waals surface area (Å²) in [5.74, 6) is 0.773. The van der Waals surface area contributed by atoms with E-state index in [1.54, 1.807) is 18.4 Å². The molecule has 1 unspecified atom stereocenters. The number of methoxy groups -OCH3 is 1. The number of thiophene rings is 1. The van der Waals surface area contributed by atoms with E-state index >= 15 is 0 Å². The zero-order chi connectivity index (χ0) is 12.4. The van der Waals surface area contributed by atoms with Crippen LogP contribution in [0.2, 0.25) is 0 Å². The van der Waals surface area contributed by atoms with E-state index in [4.69, 9.17) is 4.74 Å². The van der Waals surface area contributed by atoms with Gasteiger partial charge in [0.05, 0.1) is 7.11 Å². The Balaban J connectivity index is 2.34. The van der Waals surface area contributed by atoms with Crippen LogP contribution in [0.1, 0.15) is 21.4 Å². The van der Waals surface area contributed by atoms with Crippen molar-refractivity contribution in [2.24, 2.45) is 0 Å². The van der Waals surface area contributed by atoms with E-state index < -0.39 is 6.10 Å². The topological polar surface area (TPSA) is 29.5 Å². The summed E-state index contributed by atoms with van der Waals surface area (Å²) in [5.41, 5.74) is 0.854. The second-order valence-electron chi connectivity index (χ2n) is 3.74. The molecule has 1 aromatic heterocycles. The summed E-state index contributed by atoms with van der Waals surface area (Å²) in [6.07, 6.45) is -0.589. The number of aliphatic hydroxyl groups is 1. The Morgan fingerprint density at radius 3 is 2.59 bits per heavy atom. The van der Waals surface area contributed by atoms with Crippen molar-refractivity contribution in [2.45, 2.75) is 13.0 Å². The molecule has 1 atom stereocenters. The lowest BCUT2D eigenvalue weighted by Crippen LogP contribution is -1.98. The zero-order valence-electron chi connectivity index (χ0n) is 9.61. The van der Waals surface area contributed by atoms with Gasteiger partial charge in [0.25, 0.3) is 0 Å². The second kappa shape index (κ2) is 5.21. The molecule has 0 radical (unpaired) electrons. The molecule has 17 heavy (non-hydrogen) atoms. The molecule has 0 aliphatic carbocycles. The number of hydrogen-bond acceptors (Lipinski definition) is 3. The fourth-order valence-corrected chi connectivity index (χ4v) is 3.07. The van der Waals surface area contributed by atoms with Crippen LogP contribution in [-0.4, -0.2) is 12.2 Å². The van der Waals surface area contributed by atoms with E-state index in [1.165, 1.54) is 4.88 Å². The Morgan fingerprint density at radius 2 is 2.06 bits per heavy atom. The number of rotatable bonds is 3. The molecule has 90 valence electrons. The maximum Gasteiger partial charge on any atom is 0.120 e. The summed E-state index contributed by atoms with van der Waals surface area (Å²) in [4.78, 5) is 2.15. The van der Waals surface area contributed by atoms with Crippen molar-refractivity contribution in [1.82, 2.24) is 0 Å². The standard InChI is InChI=1S/C13H13BrO2S/c1-8-3-6-12(17-8)13(15)10-5-4-9(16-2)7-11(10)14/h3-7,13,15H,1-2H3. The number of hydrogen-bond donors (Lipinski definition) is 1. The van der Waals surface area contributed by atoms with Gasteiger partial charge in [-0.15, -0.1) is 11.3 Å². The molecule has 2 rings (SSSR count). The Kier molecular flexibility index (Phi) is 3.86. The van der Waals surface area contributed by atoms with Crippen LogP contribution < -0.4 is 4.74 Å². The van der Waals surface area contributed by atoms with Gasteiger partial charge in [-0.3, -0.25) is 0 Å². The third-order valence-corrected chi connectivity index (χ3v) is 4.27. The Hall–Kier alpha value is -0.840. The first-order valence-electron chi connectivity index (χ1n) is 5.19. The first-order chi connectivity index (χ1) is 8.11. The molecule has 4 heteroatoms. The third kappa shape index (κ3) is 2.70. The Morgan fingerprint density at radius 1 is 1.29 bits per heavy atom. The highest BCUT2D eigenvalue weighted by molar-refractivity contribution is 9.10. The first-order valence-corrected chi connectivity index (χ1v) is 6.80. The molecular formula is C13H13BrO2S. The van der Waals surface area contributed by atoms with Gasteiger partial charge >= 0.3 is 0 Å². The van der Waals surface area contributed by atoms with E-state index in [1.807, 2.05) is 37.3 Å². The molecule has 0 bridgehead atoms. The van der Waals surface area contributed by atoms with Gasteiger partial charge in [0, 0.05) is 19.8 Å². The number of aliphatic hydroxyl groups excluding tert-OH is 1. The SMILES string of the molecule is COc1ccc(C(O)c2ccc(C)s2)c(Br)c1. The zero-order valence-corrected chi connectivity index (χ0v) is 12.0. The van der Waals surface area contributed by atoms with Gasteiger partial charge in [0.1, 0.15) is 11.9 Å². The monoisotopic (exact) mass is 312 g/mol. The van der Waals surface area contributed by atoms with Crippen molar-refractivity contribution in [3.05, 3.63) is 50.1 Å². The Bertz CT molecular complexity index is 522. The van der Waals surface area contributed by atoms with Crippen LogP contribution in [0.5, 0.6) is 5.75 Å². The van der Waals surface area contributed by atoms with E-state index in [9.17, 15) is 5.11 Å². The minimum Gasteiger partial charge on any atom is -0.497 e. The predicted octanol–water partition coefficient (Wildman–Crippen LogP) is 3.91. The largest absolute Gasteiger partial charge is 0.497 e. The molecule has 1 N–H and O–H groups in total. The van der Waals surface area contributed by atoms with Crippen LogP contribution in [0.3, 0.4) is 0 Å². The van der Waals surface area contributed by atoms with E-state index in [0.29, 0.717) is 0 Å². The van der Waals surface area contributed by atoms with Crippen LogP contribution in [0.4, 0.5) is 0 Å². The van der Waals surface area contributed by atoms with E-state index in [2.05, 4.69) is 15.9 Å². The fraction of sp³-hybridized carbons (Fsp3) is 0.231. The van der Waals surface area contributed by atoms with Crippen LogP contribution >= 0.6 is 27.3 Å². The quantitative estimate of drug-likeness (QED) is 0.931. The molecule has 0 aliphatic rings. The normalized spacial score (nSPS) is 12.5. The van der Waals surface area contributed by atoms with Crippen molar-refractivity contribution in [1.29, 1.82) is 0 Å². The van der Waals surface area contributed by atoms with Crippen molar-refractivity contribution in [3.8, 4) is 5.75 Å². The number of ether oxygens (including phenoxy) is 1. The van der Waals surface area contributed by atoms with Crippen molar-refractivity contribution < 1.29 is 9.84 Å². The van der Waals surface area contributed by atoms with Gasteiger partial charge in [0.2, 0.25) is 0 Å². The van der Waals surface area contributed by atoms with Crippen LogP contribution in [0, 0.1) is 6.92 Å². The van der Waals surface area contributed by atoms with Gasteiger partial charge in [-0.05, 0) is 31.2 Å². The molecule has 0 saturated carbocycles. The van der Waals surface area contributed by atoms with Crippen molar-refractivity contribution >= 4 is 27.3 Å². The molecular weight excluding hydrogens is 300 g/mol. The maximum atomic E-state index is 10.3. The fourth-order valence-electron chi connectivity index (χ4n) is 1.61. The minimum atomic E-state index is -0.589. The summed E-state index contributed by atoms with van der Waals surface area (Å²) in [5, 5.41) is 10.3. The lowest BCUT2D eigenvalue weighted by atomic mass is 10.1. The minimum absolute atomic E-state index is 0.589. The van der Waals surface area contributed by atoms with Gasteiger partial charge < -0.3 is 9.84 Å². The first kappa shape index (κ1) is 12.6. The van der Waals surface area contributed by atoms with Crippen molar-refractivity contribution in [2.75, 3.05) is 7.11 Å². The van der Waals surface area contributed by atoms with Crippen molar-refractivity contribution in [3.63, 3.8) is 0 Å². The summed E-state index contributed by atoms with van der Waals surface area (Å²) < 4.78 is 5.99. The molecule has 1 heterocycles. The highest BCUT2D eigenvalue weighted by Gasteiger charge is 2.15. The van der Waals surface area contributed by atoms with Gasteiger partial charge in [0.15, 0.2) is 0 Å². The summed E-state index contributed by atoms with van der Waals surface area (Å²) in [6, 6.07) is 9.56. The molecule has 0 spiro atoms. The van der Waals surface area contributed by atoms with Crippen LogP contribution in [0.15, 0.2) is 34.8 Å². The highest BCUT2D eigenvalue weighted by Crippen LogP contribution is 2.34. The molecule has 2 nitrogen and oxygen atoms in total. The second-order valence-corrected chi connectivity index (χ2v) is 5.91. The predicted molar refractivity (Wildman–Crippen MR) is 73.8 cm³/mol. The third-order valence-electron chi connectivity index (χ3n) is 2.53. The Labute approximate surface area is 113 Å². The highest BCUT2D eigenvalue weighted by atomic mass is 79.9. The van der Waals surface area contributed by atoms with E-state index in [-0.39, 0.29) is 0 Å². The average Bonchev–Trinajstić information content (AvgIpc) is 2.75. The number of benzene rings is 1. The maximum absolute atomic E-state index is 10.3.